The first-order chi connectivity index (χ1) is 10.8. The molecule has 23 heavy (non-hydrogen) atoms. The molecule has 8 heteroatoms. The zero-order valence-electron chi connectivity index (χ0n) is 12.7. The Morgan fingerprint density at radius 1 is 1.39 bits per heavy atom. The topological polar surface area (TPSA) is 92.3 Å². The van der Waals surface area contributed by atoms with Crippen LogP contribution in [0.3, 0.4) is 0 Å². The van der Waals surface area contributed by atoms with Crippen LogP contribution in [0.1, 0.15) is 19.8 Å². The highest BCUT2D eigenvalue weighted by atomic mass is 32.2. The van der Waals surface area contributed by atoms with Crippen LogP contribution in [-0.4, -0.2) is 38.6 Å². The third kappa shape index (κ3) is 4.51. The van der Waals surface area contributed by atoms with E-state index in [1.54, 1.807) is 0 Å². The fourth-order valence-corrected chi connectivity index (χ4v) is 3.92. The Balaban J connectivity index is 1.99. The summed E-state index contributed by atoms with van der Waals surface area (Å²) in [6, 6.07) is 3.84. The first-order valence-electron chi connectivity index (χ1n) is 7.36. The van der Waals surface area contributed by atoms with E-state index in [9.17, 15) is 22.4 Å². The Morgan fingerprint density at radius 3 is 2.65 bits per heavy atom. The Morgan fingerprint density at radius 2 is 2.04 bits per heavy atom. The number of halogens is 1. The molecule has 2 N–H and O–H groups in total. The predicted molar refractivity (Wildman–Crippen MR) is 81.8 cm³/mol. The second-order valence-corrected chi connectivity index (χ2v) is 7.67. The van der Waals surface area contributed by atoms with Crippen LogP contribution in [0.2, 0.25) is 0 Å². The quantitative estimate of drug-likeness (QED) is 0.768. The summed E-state index contributed by atoms with van der Waals surface area (Å²) in [6.45, 7) is 2.07. The van der Waals surface area contributed by atoms with Crippen LogP contribution in [-0.2, 0) is 19.4 Å². The molecule has 1 saturated heterocycles. The third-order valence-electron chi connectivity index (χ3n) is 3.69. The number of rotatable bonds is 5. The molecule has 1 aliphatic heterocycles. The van der Waals surface area contributed by atoms with Crippen LogP contribution < -0.4 is 10.6 Å². The minimum absolute atomic E-state index is 0.0334. The van der Waals surface area contributed by atoms with E-state index in [0.29, 0.717) is 13.0 Å². The van der Waals surface area contributed by atoms with Gasteiger partial charge < -0.3 is 10.6 Å². The summed E-state index contributed by atoms with van der Waals surface area (Å²) < 4.78 is 37.3. The molecule has 2 amide bonds. The van der Waals surface area contributed by atoms with E-state index in [1.807, 2.05) is 0 Å². The summed E-state index contributed by atoms with van der Waals surface area (Å²) in [5.74, 6) is -2.49. The van der Waals surface area contributed by atoms with Gasteiger partial charge in [0.05, 0.1) is 10.6 Å². The molecule has 2 rings (SSSR count). The fraction of sp³-hybridized carbons (Fsp3) is 0.467. The number of carbonyl (C=O) groups is 2. The van der Waals surface area contributed by atoms with Crippen LogP contribution in [0, 0.1) is 11.7 Å². The van der Waals surface area contributed by atoms with E-state index in [1.165, 1.54) is 19.1 Å². The van der Waals surface area contributed by atoms with Crippen LogP contribution in [0.4, 0.5) is 4.39 Å². The number of sulfone groups is 1. The smallest absolute Gasteiger partial charge is 0.242 e. The van der Waals surface area contributed by atoms with Gasteiger partial charge in [0.1, 0.15) is 11.9 Å². The summed E-state index contributed by atoms with van der Waals surface area (Å²) in [6.07, 6.45) is 1.30. The number of amides is 2. The van der Waals surface area contributed by atoms with E-state index in [-0.39, 0.29) is 10.8 Å². The first kappa shape index (κ1) is 17.4. The number of piperidine rings is 1. The van der Waals surface area contributed by atoms with Crippen molar-refractivity contribution in [2.45, 2.75) is 30.7 Å². The average molecular weight is 342 g/mol. The molecule has 0 unspecified atom stereocenters. The maximum Gasteiger partial charge on any atom is 0.242 e. The molecule has 1 aromatic rings. The van der Waals surface area contributed by atoms with Gasteiger partial charge in [-0.15, -0.1) is 0 Å². The van der Waals surface area contributed by atoms with Gasteiger partial charge in [-0.05, 0) is 37.1 Å². The van der Waals surface area contributed by atoms with Crippen LogP contribution in [0.15, 0.2) is 29.2 Å². The van der Waals surface area contributed by atoms with Gasteiger partial charge >= 0.3 is 0 Å². The molecule has 0 aromatic heterocycles. The molecule has 1 fully saturated rings. The van der Waals surface area contributed by atoms with Gasteiger partial charge in [-0.2, -0.15) is 0 Å². The van der Waals surface area contributed by atoms with Crippen molar-refractivity contribution in [1.29, 1.82) is 0 Å². The number of hydrogen-bond donors (Lipinski definition) is 2. The van der Waals surface area contributed by atoms with Crippen molar-refractivity contribution in [2.75, 3.05) is 12.3 Å². The zero-order chi connectivity index (χ0) is 17.0. The van der Waals surface area contributed by atoms with Gasteiger partial charge in [-0.25, -0.2) is 12.8 Å². The number of carbonyl (C=O) groups excluding carboxylic acids is 2. The summed E-state index contributed by atoms with van der Waals surface area (Å²) in [5.41, 5.74) is 0. The first-order valence-corrected chi connectivity index (χ1v) is 9.01. The van der Waals surface area contributed by atoms with Gasteiger partial charge in [0.25, 0.3) is 0 Å². The number of hydrogen-bond acceptors (Lipinski definition) is 4. The molecular weight excluding hydrogens is 323 g/mol. The molecule has 0 bridgehead atoms. The van der Waals surface area contributed by atoms with Gasteiger partial charge in [-0.3, -0.25) is 9.59 Å². The van der Waals surface area contributed by atoms with E-state index in [0.717, 1.165) is 18.6 Å². The van der Waals surface area contributed by atoms with Crippen molar-refractivity contribution >= 4 is 21.7 Å². The molecule has 0 spiro atoms. The highest BCUT2D eigenvalue weighted by molar-refractivity contribution is 7.91. The molecule has 1 aromatic carbocycles. The van der Waals surface area contributed by atoms with Crippen molar-refractivity contribution in [1.82, 2.24) is 10.6 Å². The maximum atomic E-state index is 12.9. The molecular formula is C15H19FN2O4S. The lowest BCUT2D eigenvalue weighted by molar-refractivity contribution is -0.131. The Labute approximate surface area is 134 Å². The van der Waals surface area contributed by atoms with Crippen molar-refractivity contribution in [3.8, 4) is 0 Å². The summed E-state index contributed by atoms with van der Waals surface area (Å²) in [4.78, 5) is 23.7. The number of nitrogens with one attached hydrogen (secondary N) is 2. The second-order valence-electron chi connectivity index (χ2n) is 5.63. The lowest BCUT2D eigenvalue weighted by Gasteiger charge is -2.24. The number of benzene rings is 1. The van der Waals surface area contributed by atoms with Gasteiger partial charge in [0.15, 0.2) is 9.84 Å². The van der Waals surface area contributed by atoms with Crippen molar-refractivity contribution < 1.29 is 22.4 Å². The fourth-order valence-electron chi connectivity index (χ4n) is 2.37. The lowest BCUT2D eigenvalue weighted by atomic mass is 10.1. The van der Waals surface area contributed by atoms with Gasteiger partial charge in [0, 0.05) is 12.5 Å². The lowest BCUT2D eigenvalue weighted by Crippen LogP contribution is -2.51. The molecule has 1 heterocycles. The summed E-state index contributed by atoms with van der Waals surface area (Å²) in [7, 11) is -3.70. The predicted octanol–water partition coefficient (Wildman–Crippen LogP) is 0.630. The highest BCUT2D eigenvalue weighted by Gasteiger charge is 2.28. The van der Waals surface area contributed by atoms with E-state index >= 15 is 0 Å². The zero-order valence-corrected chi connectivity index (χ0v) is 13.5. The van der Waals surface area contributed by atoms with Crippen LogP contribution in [0.5, 0.6) is 0 Å². The van der Waals surface area contributed by atoms with E-state index in [2.05, 4.69) is 10.6 Å². The monoisotopic (exact) mass is 342 g/mol. The molecule has 126 valence electrons. The molecule has 0 saturated carbocycles. The van der Waals surface area contributed by atoms with Gasteiger partial charge in [0.2, 0.25) is 11.8 Å². The molecule has 0 aliphatic carbocycles. The Kier molecular flexibility index (Phi) is 5.35. The van der Waals surface area contributed by atoms with Crippen LogP contribution >= 0.6 is 0 Å². The SMILES string of the molecule is C[C@H](CS(=O)(=O)c1ccc(F)cc1)C(=O)N[C@@H]1CCCNC1=O. The normalized spacial score (nSPS) is 19.7. The van der Waals surface area contributed by atoms with Crippen LogP contribution in [0.25, 0.3) is 0 Å². The highest BCUT2D eigenvalue weighted by Crippen LogP contribution is 2.15. The largest absolute Gasteiger partial charge is 0.354 e. The van der Waals surface area contributed by atoms with E-state index < -0.39 is 39.3 Å². The van der Waals surface area contributed by atoms with E-state index in [4.69, 9.17) is 0 Å². The van der Waals surface area contributed by atoms with Gasteiger partial charge in [-0.1, -0.05) is 6.92 Å². The standard InChI is InChI=1S/C15H19FN2O4S/c1-10(14(19)18-13-3-2-8-17-15(13)20)9-23(21,22)12-6-4-11(16)5-7-12/h4-7,10,13H,2-3,8-9H2,1H3,(H,17,20)(H,18,19)/t10-,13-/m1/s1. The second kappa shape index (κ2) is 7.08. The minimum Gasteiger partial charge on any atom is -0.354 e. The van der Waals surface area contributed by atoms with Crippen molar-refractivity contribution in [3.05, 3.63) is 30.1 Å². The summed E-state index contributed by atoms with van der Waals surface area (Å²) in [5, 5.41) is 5.22. The van der Waals surface area contributed by atoms with Crippen molar-refractivity contribution in [2.24, 2.45) is 5.92 Å². The molecule has 6 nitrogen and oxygen atoms in total. The minimum atomic E-state index is -3.70. The molecule has 2 atom stereocenters. The average Bonchev–Trinajstić information content (AvgIpc) is 2.49. The van der Waals surface area contributed by atoms with Crippen molar-refractivity contribution in [3.63, 3.8) is 0 Å². The summed E-state index contributed by atoms with van der Waals surface area (Å²) >= 11 is 0. The molecule has 1 aliphatic rings. The Hall–Kier alpha value is -1.96. The maximum absolute atomic E-state index is 12.9. The third-order valence-corrected chi connectivity index (χ3v) is 5.62. The molecule has 0 radical (unpaired) electrons. The Bertz CT molecular complexity index is 688.